The zero-order valence-electron chi connectivity index (χ0n) is 12.2. The van der Waals surface area contributed by atoms with Gasteiger partial charge in [0.15, 0.2) is 5.78 Å². The summed E-state index contributed by atoms with van der Waals surface area (Å²) in [5.41, 5.74) is -0.300. The molecule has 0 saturated carbocycles. The summed E-state index contributed by atoms with van der Waals surface area (Å²) in [6, 6.07) is 9.99. The van der Waals surface area contributed by atoms with Gasteiger partial charge in [-0.25, -0.2) is 4.79 Å². The molecule has 112 valence electrons. The first kappa shape index (κ1) is 15.4. The Morgan fingerprint density at radius 1 is 1.48 bits per heavy atom. The van der Waals surface area contributed by atoms with Gasteiger partial charge in [0.1, 0.15) is 0 Å². The number of carbonyl (C=O) groups is 2. The molecule has 4 heteroatoms. The SMILES string of the molecule is C=CC[C@]1(C(=O)OC)O[C@@H](CCc2ccccc2)CC1=O. The maximum absolute atomic E-state index is 12.2. The molecule has 1 saturated heterocycles. The second-order valence-corrected chi connectivity index (χ2v) is 5.20. The Morgan fingerprint density at radius 2 is 2.19 bits per heavy atom. The van der Waals surface area contributed by atoms with Gasteiger partial charge in [-0.1, -0.05) is 36.4 Å². The fourth-order valence-corrected chi connectivity index (χ4v) is 2.67. The molecule has 0 radical (unpaired) electrons. The van der Waals surface area contributed by atoms with Crippen molar-refractivity contribution in [2.75, 3.05) is 7.11 Å². The lowest BCUT2D eigenvalue weighted by molar-refractivity contribution is -0.170. The standard InChI is InChI=1S/C17H20O4/c1-3-11-17(16(19)20-2)15(18)12-14(21-17)10-9-13-7-5-4-6-8-13/h3-8,14H,1,9-12H2,2H3/t14-,17-/m0/s1. The summed E-state index contributed by atoms with van der Waals surface area (Å²) in [7, 11) is 1.26. The van der Waals surface area contributed by atoms with Crippen LogP contribution in [0.5, 0.6) is 0 Å². The van der Waals surface area contributed by atoms with Crippen LogP contribution in [0.3, 0.4) is 0 Å². The fraction of sp³-hybridized carbons (Fsp3) is 0.412. The van der Waals surface area contributed by atoms with Gasteiger partial charge in [0.2, 0.25) is 5.60 Å². The number of hydrogen-bond acceptors (Lipinski definition) is 4. The summed E-state index contributed by atoms with van der Waals surface area (Å²) in [6.07, 6.45) is 3.18. The zero-order chi connectivity index (χ0) is 15.3. The molecular formula is C17H20O4. The van der Waals surface area contributed by atoms with Crippen LogP contribution in [0.4, 0.5) is 0 Å². The van der Waals surface area contributed by atoms with Gasteiger partial charge in [-0.3, -0.25) is 4.79 Å². The van der Waals surface area contributed by atoms with Crippen molar-refractivity contribution in [2.45, 2.75) is 37.4 Å². The fourth-order valence-electron chi connectivity index (χ4n) is 2.67. The van der Waals surface area contributed by atoms with Crippen LogP contribution in [0.1, 0.15) is 24.8 Å². The number of carbonyl (C=O) groups excluding carboxylic acids is 2. The average Bonchev–Trinajstić information content (AvgIpc) is 2.83. The lowest BCUT2D eigenvalue weighted by Crippen LogP contribution is -2.45. The molecule has 1 fully saturated rings. The van der Waals surface area contributed by atoms with E-state index in [9.17, 15) is 9.59 Å². The number of Topliss-reactive ketones (excluding diaryl/α,β-unsaturated/α-hetero) is 1. The van der Waals surface area contributed by atoms with E-state index in [0.717, 1.165) is 6.42 Å². The van der Waals surface area contributed by atoms with Gasteiger partial charge in [0, 0.05) is 12.8 Å². The molecule has 2 rings (SSSR count). The maximum Gasteiger partial charge on any atom is 0.346 e. The summed E-state index contributed by atoms with van der Waals surface area (Å²) in [6.45, 7) is 3.60. The molecule has 0 aromatic heterocycles. The van der Waals surface area contributed by atoms with E-state index in [1.807, 2.05) is 30.3 Å². The highest BCUT2D eigenvalue weighted by molar-refractivity contribution is 6.08. The monoisotopic (exact) mass is 288 g/mol. The summed E-state index contributed by atoms with van der Waals surface area (Å²) in [5.74, 6) is -0.845. The Bertz CT molecular complexity index is 523. The van der Waals surface area contributed by atoms with Gasteiger partial charge >= 0.3 is 5.97 Å². The Kier molecular flexibility index (Phi) is 4.91. The van der Waals surface area contributed by atoms with Crippen molar-refractivity contribution < 1.29 is 19.1 Å². The minimum absolute atomic E-state index is 0.153. The predicted molar refractivity (Wildman–Crippen MR) is 78.8 cm³/mol. The van der Waals surface area contributed by atoms with Gasteiger partial charge in [-0.05, 0) is 18.4 Å². The number of aryl methyl sites for hydroxylation is 1. The third kappa shape index (κ3) is 3.22. The van der Waals surface area contributed by atoms with Crippen molar-refractivity contribution in [3.63, 3.8) is 0 Å². The molecule has 0 N–H and O–H groups in total. The van der Waals surface area contributed by atoms with Crippen molar-refractivity contribution in [1.82, 2.24) is 0 Å². The van der Waals surface area contributed by atoms with Crippen molar-refractivity contribution in [3.05, 3.63) is 48.6 Å². The molecule has 0 aliphatic carbocycles. The maximum atomic E-state index is 12.2. The Balaban J connectivity index is 2.03. The van der Waals surface area contributed by atoms with Crippen LogP contribution in [0.2, 0.25) is 0 Å². The highest BCUT2D eigenvalue weighted by Gasteiger charge is 2.53. The van der Waals surface area contributed by atoms with E-state index in [1.54, 1.807) is 0 Å². The number of ether oxygens (including phenoxy) is 2. The molecule has 21 heavy (non-hydrogen) atoms. The van der Waals surface area contributed by atoms with Crippen LogP contribution < -0.4 is 0 Å². The first-order valence-electron chi connectivity index (χ1n) is 7.06. The van der Waals surface area contributed by atoms with Crippen LogP contribution in [0.25, 0.3) is 0 Å². The molecule has 4 nitrogen and oxygen atoms in total. The van der Waals surface area contributed by atoms with Crippen LogP contribution in [-0.4, -0.2) is 30.6 Å². The highest BCUT2D eigenvalue weighted by atomic mass is 16.6. The van der Waals surface area contributed by atoms with E-state index < -0.39 is 11.6 Å². The van der Waals surface area contributed by atoms with E-state index in [4.69, 9.17) is 9.47 Å². The zero-order valence-corrected chi connectivity index (χ0v) is 12.2. The summed E-state index contributed by atoms with van der Waals surface area (Å²) >= 11 is 0. The Morgan fingerprint density at radius 3 is 2.81 bits per heavy atom. The molecule has 1 aliphatic rings. The Hall–Kier alpha value is -1.94. The highest BCUT2D eigenvalue weighted by Crippen LogP contribution is 2.33. The first-order valence-corrected chi connectivity index (χ1v) is 7.06. The number of rotatable bonds is 6. The van der Waals surface area contributed by atoms with Crippen LogP contribution in [-0.2, 0) is 25.5 Å². The lowest BCUT2D eigenvalue weighted by atomic mass is 9.94. The van der Waals surface area contributed by atoms with Crippen molar-refractivity contribution in [3.8, 4) is 0 Å². The molecule has 0 spiro atoms. The van der Waals surface area contributed by atoms with E-state index >= 15 is 0 Å². The molecule has 0 unspecified atom stereocenters. The summed E-state index contributed by atoms with van der Waals surface area (Å²) in [4.78, 5) is 24.2. The Labute approximate surface area is 124 Å². The molecule has 0 bridgehead atoms. The van der Waals surface area contributed by atoms with Gasteiger partial charge in [-0.2, -0.15) is 0 Å². The van der Waals surface area contributed by atoms with Gasteiger partial charge in [-0.15, -0.1) is 6.58 Å². The molecule has 1 heterocycles. The normalized spacial score (nSPS) is 24.8. The quantitative estimate of drug-likeness (QED) is 0.458. The van der Waals surface area contributed by atoms with E-state index in [2.05, 4.69) is 6.58 Å². The molecule has 0 amide bonds. The van der Waals surface area contributed by atoms with Crippen molar-refractivity contribution in [1.29, 1.82) is 0 Å². The van der Waals surface area contributed by atoms with Gasteiger partial charge in [0.05, 0.1) is 13.2 Å². The molecule has 2 atom stereocenters. The average molecular weight is 288 g/mol. The van der Waals surface area contributed by atoms with E-state index in [1.165, 1.54) is 18.7 Å². The number of methoxy groups -OCH3 is 1. The first-order chi connectivity index (χ1) is 10.1. The molecule has 1 aromatic carbocycles. The van der Waals surface area contributed by atoms with Crippen LogP contribution in [0, 0.1) is 0 Å². The predicted octanol–water partition coefficient (Wildman–Crippen LogP) is 2.47. The summed E-state index contributed by atoms with van der Waals surface area (Å²) in [5, 5.41) is 0. The lowest BCUT2D eigenvalue weighted by Gasteiger charge is -2.23. The van der Waals surface area contributed by atoms with Crippen LogP contribution >= 0.6 is 0 Å². The molecular weight excluding hydrogens is 268 g/mol. The minimum atomic E-state index is -1.49. The summed E-state index contributed by atoms with van der Waals surface area (Å²) < 4.78 is 10.5. The van der Waals surface area contributed by atoms with Gasteiger partial charge in [0.25, 0.3) is 0 Å². The number of hydrogen-bond donors (Lipinski definition) is 0. The minimum Gasteiger partial charge on any atom is -0.467 e. The van der Waals surface area contributed by atoms with Crippen molar-refractivity contribution in [2.24, 2.45) is 0 Å². The third-order valence-electron chi connectivity index (χ3n) is 3.78. The smallest absolute Gasteiger partial charge is 0.346 e. The van der Waals surface area contributed by atoms with E-state index in [0.29, 0.717) is 6.42 Å². The molecule has 1 aliphatic heterocycles. The van der Waals surface area contributed by atoms with E-state index in [-0.39, 0.29) is 24.7 Å². The topological polar surface area (TPSA) is 52.6 Å². The van der Waals surface area contributed by atoms with Crippen LogP contribution in [0.15, 0.2) is 43.0 Å². The van der Waals surface area contributed by atoms with Crippen molar-refractivity contribution >= 4 is 11.8 Å². The number of esters is 1. The second kappa shape index (κ2) is 6.68. The third-order valence-corrected chi connectivity index (χ3v) is 3.78. The number of benzene rings is 1. The number of ketones is 1. The largest absolute Gasteiger partial charge is 0.467 e. The second-order valence-electron chi connectivity index (χ2n) is 5.20. The molecule has 1 aromatic rings. The van der Waals surface area contributed by atoms with Gasteiger partial charge < -0.3 is 9.47 Å².